The summed E-state index contributed by atoms with van der Waals surface area (Å²) in [6.07, 6.45) is 1.71. The summed E-state index contributed by atoms with van der Waals surface area (Å²) >= 11 is 0. The zero-order valence-corrected chi connectivity index (χ0v) is 27.3. The van der Waals surface area contributed by atoms with Crippen molar-refractivity contribution in [2.45, 2.75) is 0 Å². The van der Waals surface area contributed by atoms with Crippen LogP contribution in [-0.2, 0) is 0 Å². The molecule has 0 aliphatic carbocycles. The summed E-state index contributed by atoms with van der Waals surface area (Å²) in [7, 11) is 0. The molecule has 9 aromatic rings. The predicted molar refractivity (Wildman–Crippen MR) is 201 cm³/mol. The van der Waals surface area contributed by atoms with E-state index in [1.54, 1.807) is 6.20 Å². The van der Waals surface area contributed by atoms with Gasteiger partial charge < -0.3 is 4.42 Å². The van der Waals surface area contributed by atoms with Gasteiger partial charge in [-0.15, -0.1) is 0 Å². The topological polar surface area (TPSA) is 90.5 Å². The van der Waals surface area contributed by atoms with Crippen LogP contribution in [0.2, 0.25) is 0 Å². The summed E-state index contributed by atoms with van der Waals surface area (Å²) in [5, 5.41) is 0. The Morgan fingerprint density at radius 1 is 0.333 bits per heavy atom. The first kappa shape index (κ1) is 30.0. The number of hydrogen-bond donors (Lipinski definition) is 0. The molecule has 0 spiro atoms. The molecule has 0 fully saturated rings. The SMILES string of the molecule is c1ccc(-c2cc(-c3ccccc3)nc(-c3cc(-c4nc(-c5ccccc5)cc(-c5ccccc5)n4)cc(-c4nc5ncccc5o4)c3)n2)cc1. The molecule has 0 aliphatic rings. The van der Waals surface area contributed by atoms with Gasteiger partial charge in [-0.25, -0.2) is 24.9 Å². The Morgan fingerprint density at radius 3 is 1.12 bits per heavy atom. The van der Waals surface area contributed by atoms with Crippen molar-refractivity contribution in [3.05, 3.63) is 170 Å². The molecule has 0 atom stereocenters. The highest BCUT2D eigenvalue weighted by molar-refractivity contribution is 5.81. The zero-order chi connectivity index (χ0) is 34.0. The monoisotopic (exact) mass is 656 g/mol. The van der Waals surface area contributed by atoms with E-state index < -0.39 is 0 Å². The van der Waals surface area contributed by atoms with Gasteiger partial charge in [0.25, 0.3) is 0 Å². The molecule has 4 aromatic heterocycles. The Kier molecular flexibility index (Phi) is 7.68. The van der Waals surface area contributed by atoms with Crippen molar-refractivity contribution >= 4 is 11.2 Å². The van der Waals surface area contributed by atoms with Crippen LogP contribution in [0.4, 0.5) is 0 Å². The lowest BCUT2D eigenvalue weighted by molar-refractivity contribution is 0.619. The summed E-state index contributed by atoms with van der Waals surface area (Å²) < 4.78 is 6.25. The van der Waals surface area contributed by atoms with E-state index in [2.05, 4.69) is 53.5 Å². The van der Waals surface area contributed by atoms with E-state index in [1.165, 1.54) is 0 Å². The lowest BCUT2D eigenvalue weighted by Gasteiger charge is -2.13. The molecule has 51 heavy (non-hydrogen) atoms. The molecule has 7 nitrogen and oxygen atoms in total. The molecule has 5 aromatic carbocycles. The summed E-state index contributed by atoms with van der Waals surface area (Å²) in [4.78, 5) is 29.7. The van der Waals surface area contributed by atoms with Gasteiger partial charge in [0.1, 0.15) is 0 Å². The summed E-state index contributed by atoms with van der Waals surface area (Å²) in [5.41, 5.74) is 10.6. The zero-order valence-electron chi connectivity index (χ0n) is 27.3. The number of pyridine rings is 1. The fraction of sp³-hybridized carbons (Fsp3) is 0. The van der Waals surface area contributed by atoms with E-state index in [1.807, 2.05) is 115 Å². The third-order valence-corrected chi connectivity index (χ3v) is 8.59. The maximum absolute atomic E-state index is 6.25. The number of hydrogen-bond acceptors (Lipinski definition) is 7. The van der Waals surface area contributed by atoms with Crippen molar-refractivity contribution < 1.29 is 4.42 Å². The minimum atomic E-state index is 0.428. The van der Waals surface area contributed by atoms with Crippen LogP contribution in [0.1, 0.15) is 0 Å². The number of benzene rings is 5. The third-order valence-electron chi connectivity index (χ3n) is 8.59. The van der Waals surface area contributed by atoms with Crippen LogP contribution in [-0.4, -0.2) is 29.9 Å². The highest BCUT2D eigenvalue weighted by atomic mass is 16.3. The highest BCUT2D eigenvalue weighted by Gasteiger charge is 2.18. The third kappa shape index (κ3) is 6.16. The van der Waals surface area contributed by atoms with E-state index in [9.17, 15) is 0 Å². The number of rotatable bonds is 7. The molecule has 4 heterocycles. The van der Waals surface area contributed by atoms with E-state index >= 15 is 0 Å². The Labute approximate surface area is 294 Å². The van der Waals surface area contributed by atoms with Gasteiger partial charge in [-0.2, -0.15) is 4.98 Å². The van der Waals surface area contributed by atoms with Crippen LogP contribution in [0, 0.1) is 0 Å². The second-order valence-electron chi connectivity index (χ2n) is 12.0. The van der Waals surface area contributed by atoms with Crippen molar-refractivity contribution in [1.29, 1.82) is 0 Å². The van der Waals surface area contributed by atoms with Crippen LogP contribution < -0.4 is 0 Å². The lowest BCUT2D eigenvalue weighted by atomic mass is 10.0. The van der Waals surface area contributed by atoms with Gasteiger partial charge >= 0.3 is 0 Å². The summed E-state index contributed by atoms with van der Waals surface area (Å²) in [5.74, 6) is 1.53. The maximum atomic E-state index is 6.25. The second kappa shape index (κ2) is 13.1. The van der Waals surface area contributed by atoms with Crippen LogP contribution in [0.5, 0.6) is 0 Å². The van der Waals surface area contributed by atoms with Gasteiger partial charge in [-0.05, 0) is 42.5 Å². The van der Waals surface area contributed by atoms with Crippen LogP contribution in [0.3, 0.4) is 0 Å². The first-order valence-corrected chi connectivity index (χ1v) is 16.6. The first-order valence-electron chi connectivity index (χ1n) is 16.6. The average Bonchev–Trinajstić information content (AvgIpc) is 3.66. The number of oxazole rings is 1. The standard InChI is InChI=1S/C44H28N6O/c1-5-14-29(15-6-1)36-27-37(30-16-7-2-8-17-30)47-41(46-36)33-24-34(26-35(25-33)44-50-43-40(51-44)22-13-23-45-43)42-48-38(31-18-9-3-10-19-31)28-39(49-42)32-20-11-4-12-21-32/h1-28H. The molecule has 9 rings (SSSR count). The van der Waals surface area contributed by atoms with E-state index in [4.69, 9.17) is 29.3 Å². The highest BCUT2D eigenvalue weighted by Crippen LogP contribution is 2.35. The minimum absolute atomic E-state index is 0.428. The molecule has 0 amide bonds. The van der Waals surface area contributed by atoms with Crippen molar-refractivity contribution in [2.24, 2.45) is 0 Å². The van der Waals surface area contributed by atoms with Crippen LogP contribution in [0.15, 0.2) is 174 Å². The average molecular weight is 657 g/mol. The lowest BCUT2D eigenvalue weighted by Crippen LogP contribution is -1.99. The normalized spacial score (nSPS) is 11.1. The van der Waals surface area contributed by atoms with Gasteiger partial charge in [0.15, 0.2) is 22.9 Å². The van der Waals surface area contributed by atoms with Crippen molar-refractivity contribution in [1.82, 2.24) is 29.9 Å². The van der Waals surface area contributed by atoms with Crippen molar-refractivity contribution in [3.8, 4) is 79.3 Å². The van der Waals surface area contributed by atoms with Crippen molar-refractivity contribution in [2.75, 3.05) is 0 Å². The Bertz CT molecular complexity index is 2330. The predicted octanol–water partition coefficient (Wildman–Crippen LogP) is 10.5. The number of nitrogens with zero attached hydrogens (tertiary/aromatic N) is 6. The van der Waals surface area contributed by atoms with E-state index in [-0.39, 0.29) is 0 Å². The summed E-state index contributed by atoms with van der Waals surface area (Å²) in [6.45, 7) is 0. The fourth-order valence-corrected chi connectivity index (χ4v) is 6.08. The smallest absolute Gasteiger partial charge is 0.228 e. The number of aromatic nitrogens is 6. The molecule has 0 saturated carbocycles. The molecular formula is C44H28N6O. The van der Waals surface area contributed by atoms with Crippen molar-refractivity contribution in [3.63, 3.8) is 0 Å². The molecular weight excluding hydrogens is 629 g/mol. The van der Waals surface area contributed by atoms with Crippen LogP contribution >= 0.6 is 0 Å². The summed E-state index contributed by atoms with van der Waals surface area (Å²) in [6, 6.07) is 54.4. The molecule has 0 aliphatic heterocycles. The Morgan fingerprint density at radius 2 is 0.725 bits per heavy atom. The number of fused-ring (bicyclic) bond motifs is 1. The molecule has 0 N–H and O–H groups in total. The quantitative estimate of drug-likeness (QED) is 0.169. The maximum Gasteiger partial charge on any atom is 0.228 e. The van der Waals surface area contributed by atoms with Gasteiger partial charge in [0, 0.05) is 45.1 Å². The molecule has 240 valence electrons. The fourth-order valence-electron chi connectivity index (χ4n) is 6.08. The second-order valence-corrected chi connectivity index (χ2v) is 12.0. The van der Waals surface area contributed by atoms with E-state index in [0.29, 0.717) is 28.8 Å². The van der Waals surface area contributed by atoms with Gasteiger partial charge in [-0.3, -0.25) is 0 Å². The van der Waals surface area contributed by atoms with Crippen LogP contribution in [0.25, 0.3) is 90.5 Å². The Hall–Kier alpha value is -7.12. The molecule has 0 radical (unpaired) electrons. The largest absolute Gasteiger partial charge is 0.434 e. The molecule has 0 saturated heterocycles. The Balaban J connectivity index is 1.29. The first-order chi connectivity index (χ1) is 25.2. The van der Waals surface area contributed by atoms with E-state index in [0.717, 1.165) is 61.7 Å². The van der Waals surface area contributed by atoms with Gasteiger partial charge in [0.05, 0.1) is 22.8 Å². The molecule has 0 unspecified atom stereocenters. The minimum Gasteiger partial charge on any atom is -0.434 e. The molecule has 0 bridgehead atoms. The van der Waals surface area contributed by atoms with Gasteiger partial charge in [-0.1, -0.05) is 121 Å². The van der Waals surface area contributed by atoms with Gasteiger partial charge in [0.2, 0.25) is 5.89 Å². The molecule has 7 heteroatoms.